The number of hydrogen-bond donors (Lipinski definition) is 2. The minimum atomic E-state index is -3.78. The maximum absolute atomic E-state index is 13.3. The highest BCUT2D eigenvalue weighted by Gasteiger charge is 2.40. The van der Waals surface area contributed by atoms with Gasteiger partial charge < -0.3 is 10.8 Å². The molecule has 7 heteroatoms. The van der Waals surface area contributed by atoms with Gasteiger partial charge >= 0.3 is 0 Å². The van der Waals surface area contributed by atoms with Gasteiger partial charge in [0.1, 0.15) is 24.3 Å². The minimum absolute atomic E-state index is 0.0748. The fourth-order valence-electron chi connectivity index (χ4n) is 1.16. The molecule has 0 saturated heterocycles. The zero-order chi connectivity index (χ0) is 12.5. The monoisotopic (exact) mass is 301 g/mol. The van der Waals surface area contributed by atoms with Crippen molar-refractivity contribution in [2.45, 2.75) is 12.0 Å². The summed E-state index contributed by atoms with van der Waals surface area (Å²) in [7, 11) is 0. The van der Waals surface area contributed by atoms with E-state index in [1.54, 1.807) is 0 Å². The van der Waals surface area contributed by atoms with Crippen LogP contribution in [0.5, 0.6) is 0 Å². The number of hydrogen-bond acceptors (Lipinski definition) is 2. The SMILES string of the molecule is N[C@@H](c1c(F)cc(Br)cc1F)C(F)(F)CO. The van der Waals surface area contributed by atoms with Gasteiger partial charge in [0.25, 0.3) is 5.92 Å². The second kappa shape index (κ2) is 4.68. The Morgan fingerprint density at radius 2 is 1.75 bits per heavy atom. The summed E-state index contributed by atoms with van der Waals surface area (Å²) in [6.07, 6.45) is 0. The molecule has 0 bridgehead atoms. The van der Waals surface area contributed by atoms with Gasteiger partial charge in [0.15, 0.2) is 0 Å². The quantitative estimate of drug-likeness (QED) is 0.842. The van der Waals surface area contributed by atoms with E-state index < -0.39 is 35.8 Å². The third-order valence-corrected chi connectivity index (χ3v) is 2.48. The van der Waals surface area contributed by atoms with E-state index in [9.17, 15) is 17.6 Å². The lowest BCUT2D eigenvalue weighted by molar-refractivity contribution is -0.0726. The van der Waals surface area contributed by atoms with E-state index >= 15 is 0 Å². The van der Waals surface area contributed by atoms with Crippen LogP contribution < -0.4 is 5.73 Å². The molecule has 0 saturated carbocycles. The number of nitrogens with two attached hydrogens (primary N) is 1. The molecule has 1 aromatic carbocycles. The first-order valence-corrected chi connectivity index (χ1v) is 4.97. The molecule has 90 valence electrons. The molecule has 0 unspecified atom stereocenters. The predicted molar refractivity (Wildman–Crippen MR) is 53.0 cm³/mol. The van der Waals surface area contributed by atoms with Crippen molar-refractivity contribution >= 4 is 15.9 Å². The Kier molecular flexibility index (Phi) is 3.92. The van der Waals surface area contributed by atoms with E-state index in [1.165, 1.54) is 0 Å². The van der Waals surface area contributed by atoms with Crippen LogP contribution >= 0.6 is 15.9 Å². The lowest BCUT2D eigenvalue weighted by Gasteiger charge is -2.22. The van der Waals surface area contributed by atoms with Crippen molar-refractivity contribution in [3.05, 3.63) is 33.8 Å². The molecular formula is C9H8BrF4NO. The Labute approximate surface area is 97.2 Å². The molecular weight excluding hydrogens is 294 g/mol. The summed E-state index contributed by atoms with van der Waals surface area (Å²) in [6, 6.07) is -0.581. The number of alkyl halides is 2. The molecule has 1 atom stereocenters. The first-order valence-electron chi connectivity index (χ1n) is 4.18. The van der Waals surface area contributed by atoms with Gasteiger partial charge in [-0.25, -0.2) is 17.6 Å². The highest BCUT2D eigenvalue weighted by Crippen LogP contribution is 2.33. The lowest BCUT2D eigenvalue weighted by atomic mass is 10.0. The minimum Gasteiger partial charge on any atom is -0.390 e. The molecule has 0 amide bonds. The molecule has 0 heterocycles. The van der Waals surface area contributed by atoms with Crippen molar-refractivity contribution in [2.24, 2.45) is 5.73 Å². The van der Waals surface area contributed by atoms with E-state index in [2.05, 4.69) is 15.9 Å². The van der Waals surface area contributed by atoms with Crippen molar-refractivity contribution in [1.29, 1.82) is 0 Å². The molecule has 0 aliphatic heterocycles. The second-order valence-electron chi connectivity index (χ2n) is 3.18. The fraction of sp³-hybridized carbons (Fsp3) is 0.333. The van der Waals surface area contributed by atoms with Crippen molar-refractivity contribution in [3.63, 3.8) is 0 Å². The van der Waals surface area contributed by atoms with Crippen molar-refractivity contribution in [2.75, 3.05) is 6.61 Å². The Morgan fingerprint density at radius 1 is 1.31 bits per heavy atom. The Morgan fingerprint density at radius 3 is 2.12 bits per heavy atom. The van der Waals surface area contributed by atoms with Crippen molar-refractivity contribution < 1.29 is 22.7 Å². The highest BCUT2D eigenvalue weighted by atomic mass is 79.9. The van der Waals surface area contributed by atoms with Crippen LogP contribution in [0.25, 0.3) is 0 Å². The third kappa shape index (κ3) is 2.53. The Bertz CT molecular complexity index is 376. The van der Waals surface area contributed by atoms with Gasteiger partial charge in [0, 0.05) is 10.0 Å². The lowest BCUT2D eigenvalue weighted by Crippen LogP contribution is -2.37. The molecule has 1 aromatic rings. The molecule has 0 radical (unpaired) electrons. The maximum atomic E-state index is 13.3. The molecule has 0 fully saturated rings. The number of rotatable bonds is 3. The maximum Gasteiger partial charge on any atom is 0.289 e. The van der Waals surface area contributed by atoms with Crippen LogP contribution in [0.4, 0.5) is 17.6 Å². The van der Waals surface area contributed by atoms with E-state index in [0.29, 0.717) is 0 Å². The van der Waals surface area contributed by atoms with Crippen molar-refractivity contribution in [3.8, 4) is 0 Å². The van der Waals surface area contributed by atoms with Gasteiger partial charge in [-0.15, -0.1) is 0 Å². The largest absolute Gasteiger partial charge is 0.390 e. The van der Waals surface area contributed by atoms with E-state index in [1.807, 2.05) is 0 Å². The summed E-state index contributed by atoms with van der Waals surface area (Å²) in [5, 5.41) is 8.38. The smallest absolute Gasteiger partial charge is 0.289 e. The topological polar surface area (TPSA) is 46.2 Å². The van der Waals surface area contributed by atoms with Gasteiger partial charge in [0.2, 0.25) is 0 Å². The standard InChI is InChI=1S/C9H8BrF4NO/c10-4-1-5(11)7(6(12)2-4)8(15)9(13,14)3-16/h1-2,8,16H,3,15H2/t8-/m0/s1. The number of aliphatic hydroxyl groups excluding tert-OH is 1. The Balaban J connectivity index is 3.24. The molecule has 3 N–H and O–H groups in total. The summed E-state index contributed by atoms with van der Waals surface area (Å²) in [6.45, 7) is -1.58. The summed E-state index contributed by atoms with van der Waals surface area (Å²) in [4.78, 5) is 0. The van der Waals surface area contributed by atoms with Gasteiger partial charge in [-0.05, 0) is 12.1 Å². The summed E-state index contributed by atoms with van der Waals surface area (Å²) in [5.74, 6) is -6.16. The van der Waals surface area contributed by atoms with E-state index in [0.717, 1.165) is 12.1 Å². The molecule has 1 rings (SSSR count). The molecule has 0 aromatic heterocycles. The average molecular weight is 302 g/mol. The van der Waals surface area contributed by atoms with E-state index in [4.69, 9.17) is 10.8 Å². The molecule has 0 spiro atoms. The van der Waals surface area contributed by atoms with Crippen LogP contribution in [-0.4, -0.2) is 17.6 Å². The normalized spacial score (nSPS) is 13.9. The zero-order valence-corrected chi connectivity index (χ0v) is 9.44. The van der Waals surface area contributed by atoms with Gasteiger partial charge in [-0.3, -0.25) is 0 Å². The Hall–Kier alpha value is -0.660. The highest BCUT2D eigenvalue weighted by molar-refractivity contribution is 9.10. The summed E-state index contributed by atoms with van der Waals surface area (Å²) in [5.41, 5.74) is 4.09. The predicted octanol–water partition coefficient (Wildman–Crippen LogP) is 2.35. The van der Waals surface area contributed by atoms with Gasteiger partial charge in [-0.2, -0.15) is 0 Å². The van der Waals surface area contributed by atoms with Gasteiger partial charge in [-0.1, -0.05) is 15.9 Å². The van der Waals surface area contributed by atoms with Crippen LogP contribution in [0.1, 0.15) is 11.6 Å². The van der Waals surface area contributed by atoms with Gasteiger partial charge in [0.05, 0.1) is 0 Å². The van der Waals surface area contributed by atoms with Crippen LogP contribution in [0.2, 0.25) is 0 Å². The van der Waals surface area contributed by atoms with Crippen LogP contribution in [0.3, 0.4) is 0 Å². The second-order valence-corrected chi connectivity index (χ2v) is 4.10. The first-order chi connectivity index (χ1) is 7.29. The van der Waals surface area contributed by atoms with Crippen LogP contribution in [0, 0.1) is 11.6 Å². The average Bonchev–Trinajstić information content (AvgIpc) is 2.15. The number of aliphatic hydroxyl groups is 1. The molecule has 0 aliphatic carbocycles. The molecule has 2 nitrogen and oxygen atoms in total. The summed E-state index contributed by atoms with van der Waals surface area (Å²) >= 11 is 2.81. The fourth-order valence-corrected chi connectivity index (χ4v) is 1.56. The van der Waals surface area contributed by atoms with E-state index in [-0.39, 0.29) is 4.47 Å². The van der Waals surface area contributed by atoms with Crippen LogP contribution in [0.15, 0.2) is 16.6 Å². The first kappa shape index (κ1) is 13.4. The molecule has 0 aliphatic rings. The zero-order valence-electron chi connectivity index (χ0n) is 7.85. The molecule has 16 heavy (non-hydrogen) atoms. The number of halogens is 5. The number of benzene rings is 1. The van der Waals surface area contributed by atoms with Crippen LogP contribution in [-0.2, 0) is 0 Å². The van der Waals surface area contributed by atoms with Crippen molar-refractivity contribution in [1.82, 2.24) is 0 Å². The third-order valence-electron chi connectivity index (χ3n) is 2.02. The summed E-state index contributed by atoms with van der Waals surface area (Å²) < 4.78 is 52.5.